The van der Waals surface area contributed by atoms with Gasteiger partial charge in [0.1, 0.15) is 5.00 Å². The van der Waals surface area contributed by atoms with Gasteiger partial charge in [-0.15, -0.1) is 11.3 Å². The number of benzene rings is 1. The largest absolute Gasteiger partial charge is 0.462 e. The fraction of sp³-hybridized carbons (Fsp3) is 0.520. The summed E-state index contributed by atoms with van der Waals surface area (Å²) in [5.41, 5.74) is 4.33. The molecular weight excluding hydrogens is 394 g/mol. The van der Waals surface area contributed by atoms with Crippen molar-refractivity contribution in [1.29, 1.82) is 0 Å². The SMILES string of the molecule is CCOC(=O)c1c(NC(=O)[C@@H]2C[C@H]2c2ccc(C(C)(C)C)cc2)sc2c1CCCC2. The third-order valence-electron chi connectivity index (χ3n) is 6.22. The smallest absolute Gasteiger partial charge is 0.341 e. The number of aryl methyl sites for hydroxylation is 1. The van der Waals surface area contributed by atoms with Gasteiger partial charge < -0.3 is 10.1 Å². The van der Waals surface area contributed by atoms with Crippen LogP contribution >= 0.6 is 11.3 Å². The van der Waals surface area contributed by atoms with Gasteiger partial charge in [0, 0.05) is 10.8 Å². The summed E-state index contributed by atoms with van der Waals surface area (Å²) in [6.45, 7) is 8.77. The molecule has 2 aromatic rings. The molecular formula is C25H31NO3S. The van der Waals surface area contributed by atoms with Crippen LogP contribution in [0.5, 0.6) is 0 Å². The molecule has 0 unspecified atom stereocenters. The normalized spacial score (nSPS) is 20.4. The summed E-state index contributed by atoms with van der Waals surface area (Å²) in [6.07, 6.45) is 4.95. The number of anilines is 1. The minimum absolute atomic E-state index is 0.0176. The topological polar surface area (TPSA) is 55.4 Å². The molecule has 30 heavy (non-hydrogen) atoms. The molecule has 1 heterocycles. The molecule has 0 spiro atoms. The monoisotopic (exact) mass is 425 g/mol. The van der Waals surface area contributed by atoms with Crippen molar-refractivity contribution in [2.75, 3.05) is 11.9 Å². The maximum atomic E-state index is 13.0. The highest BCUT2D eigenvalue weighted by Crippen LogP contribution is 2.49. The Kier molecular flexibility index (Phi) is 5.75. The van der Waals surface area contributed by atoms with Gasteiger partial charge in [-0.25, -0.2) is 4.79 Å². The third kappa shape index (κ3) is 4.18. The second-order valence-electron chi connectivity index (χ2n) is 9.45. The van der Waals surface area contributed by atoms with E-state index in [0.29, 0.717) is 17.2 Å². The van der Waals surface area contributed by atoms with Crippen LogP contribution in [-0.2, 0) is 27.8 Å². The average molecular weight is 426 g/mol. The lowest BCUT2D eigenvalue weighted by Crippen LogP contribution is -2.17. The number of esters is 1. The van der Waals surface area contributed by atoms with Gasteiger partial charge in [-0.2, -0.15) is 0 Å². The zero-order chi connectivity index (χ0) is 21.5. The van der Waals surface area contributed by atoms with E-state index in [1.54, 1.807) is 11.3 Å². The van der Waals surface area contributed by atoms with Crippen molar-refractivity contribution in [3.05, 3.63) is 51.4 Å². The van der Waals surface area contributed by atoms with Crippen molar-refractivity contribution >= 4 is 28.2 Å². The lowest BCUT2D eigenvalue weighted by Gasteiger charge is -2.19. The molecule has 1 amide bonds. The molecule has 0 radical (unpaired) electrons. The van der Waals surface area contributed by atoms with Crippen LogP contribution in [0.1, 0.15) is 84.8 Å². The lowest BCUT2D eigenvalue weighted by atomic mass is 9.86. The molecule has 0 saturated heterocycles. The van der Waals surface area contributed by atoms with E-state index >= 15 is 0 Å². The molecule has 4 rings (SSSR count). The van der Waals surface area contributed by atoms with Gasteiger partial charge in [-0.3, -0.25) is 4.79 Å². The Labute approximate surface area is 183 Å². The minimum atomic E-state index is -0.308. The van der Waals surface area contributed by atoms with Gasteiger partial charge in [-0.1, -0.05) is 45.0 Å². The molecule has 2 aliphatic rings. The molecule has 0 aliphatic heterocycles. The molecule has 4 nitrogen and oxygen atoms in total. The number of thiophene rings is 1. The van der Waals surface area contributed by atoms with Crippen LogP contribution < -0.4 is 5.32 Å². The predicted molar refractivity (Wildman–Crippen MR) is 122 cm³/mol. The number of rotatable bonds is 5. The number of hydrogen-bond donors (Lipinski definition) is 1. The highest BCUT2D eigenvalue weighted by Gasteiger charge is 2.44. The summed E-state index contributed by atoms with van der Waals surface area (Å²) in [6, 6.07) is 8.67. The minimum Gasteiger partial charge on any atom is -0.462 e. The van der Waals surface area contributed by atoms with E-state index in [1.807, 2.05) is 6.92 Å². The molecule has 1 aromatic carbocycles. The number of ether oxygens (including phenoxy) is 1. The van der Waals surface area contributed by atoms with E-state index in [2.05, 4.69) is 50.4 Å². The van der Waals surface area contributed by atoms with Crippen molar-refractivity contribution in [3.8, 4) is 0 Å². The van der Waals surface area contributed by atoms with Crippen LogP contribution in [0.25, 0.3) is 0 Å². The van der Waals surface area contributed by atoms with Crippen LogP contribution in [-0.4, -0.2) is 18.5 Å². The van der Waals surface area contributed by atoms with Crippen molar-refractivity contribution in [2.45, 2.75) is 71.1 Å². The molecule has 5 heteroatoms. The maximum Gasteiger partial charge on any atom is 0.341 e. The average Bonchev–Trinajstić information content (AvgIpc) is 3.42. The van der Waals surface area contributed by atoms with E-state index in [4.69, 9.17) is 4.74 Å². The van der Waals surface area contributed by atoms with Gasteiger partial charge in [0.15, 0.2) is 0 Å². The standard InChI is InChI=1S/C25H31NO3S/c1-5-29-24(28)21-17-8-6-7-9-20(17)30-23(21)26-22(27)19-14-18(19)15-10-12-16(13-11-15)25(2,3)4/h10-13,18-19H,5-9,14H2,1-4H3,(H,26,27)/t18-,19+/m0/s1. The van der Waals surface area contributed by atoms with Crippen molar-refractivity contribution in [3.63, 3.8) is 0 Å². The van der Waals surface area contributed by atoms with E-state index in [-0.39, 0.29) is 29.1 Å². The first-order chi connectivity index (χ1) is 14.3. The van der Waals surface area contributed by atoms with E-state index in [1.165, 1.54) is 16.0 Å². The van der Waals surface area contributed by atoms with Crippen LogP contribution in [0.2, 0.25) is 0 Å². The van der Waals surface area contributed by atoms with Crippen LogP contribution in [0.15, 0.2) is 24.3 Å². The predicted octanol–water partition coefficient (Wildman–Crippen LogP) is 5.84. The molecule has 1 saturated carbocycles. The zero-order valence-electron chi connectivity index (χ0n) is 18.3. The Morgan fingerprint density at radius 1 is 1.13 bits per heavy atom. The van der Waals surface area contributed by atoms with Gasteiger partial charge >= 0.3 is 5.97 Å². The molecule has 1 N–H and O–H groups in total. The summed E-state index contributed by atoms with van der Waals surface area (Å²) in [5, 5.41) is 3.76. The first kappa shape index (κ1) is 21.1. The summed E-state index contributed by atoms with van der Waals surface area (Å²) < 4.78 is 5.30. The fourth-order valence-electron chi connectivity index (χ4n) is 4.36. The third-order valence-corrected chi connectivity index (χ3v) is 7.43. The molecule has 1 fully saturated rings. The number of hydrogen-bond acceptors (Lipinski definition) is 4. The number of nitrogens with one attached hydrogen (secondary N) is 1. The maximum absolute atomic E-state index is 13.0. The van der Waals surface area contributed by atoms with Gasteiger partial charge in [0.25, 0.3) is 0 Å². The Hall–Kier alpha value is -2.14. The summed E-state index contributed by atoms with van der Waals surface area (Å²) in [4.78, 5) is 26.8. The second-order valence-corrected chi connectivity index (χ2v) is 10.6. The first-order valence-corrected chi connectivity index (χ1v) is 11.8. The second kappa shape index (κ2) is 8.18. The molecule has 2 atom stereocenters. The number of carbonyl (C=O) groups is 2. The van der Waals surface area contributed by atoms with E-state index in [0.717, 1.165) is 37.7 Å². The van der Waals surface area contributed by atoms with Crippen molar-refractivity contribution in [1.82, 2.24) is 0 Å². The Balaban J connectivity index is 1.49. The Bertz CT molecular complexity index is 952. The Morgan fingerprint density at radius 3 is 2.50 bits per heavy atom. The molecule has 0 bridgehead atoms. The quantitative estimate of drug-likeness (QED) is 0.612. The van der Waals surface area contributed by atoms with E-state index < -0.39 is 0 Å². The molecule has 2 aliphatic carbocycles. The van der Waals surface area contributed by atoms with Gasteiger partial charge in [-0.05, 0) is 67.1 Å². The summed E-state index contributed by atoms with van der Waals surface area (Å²) in [7, 11) is 0. The van der Waals surface area contributed by atoms with Crippen LogP contribution in [0.3, 0.4) is 0 Å². The molecule has 160 valence electrons. The van der Waals surface area contributed by atoms with Crippen LogP contribution in [0.4, 0.5) is 5.00 Å². The fourth-order valence-corrected chi connectivity index (χ4v) is 5.64. The Morgan fingerprint density at radius 2 is 1.83 bits per heavy atom. The van der Waals surface area contributed by atoms with E-state index in [9.17, 15) is 9.59 Å². The van der Waals surface area contributed by atoms with Crippen LogP contribution in [0, 0.1) is 5.92 Å². The van der Waals surface area contributed by atoms with Gasteiger partial charge in [0.05, 0.1) is 12.2 Å². The summed E-state index contributed by atoms with van der Waals surface area (Å²) >= 11 is 1.56. The highest BCUT2D eigenvalue weighted by molar-refractivity contribution is 7.17. The lowest BCUT2D eigenvalue weighted by molar-refractivity contribution is -0.117. The number of amides is 1. The number of fused-ring (bicyclic) bond motifs is 1. The molecule has 1 aromatic heterocycles. The van der Waals surface area contributed by atoms with Crippen molar-refractivity contribution < 1.29 is 14.3 Å². The highest BCUT2D eigenvalue weighted by atomic mass is 32.1. The van der Waals surface area contributed by atoms with Gasteiger partial charge in [0.2, 0.25) is 5.91 Å². The summed E-state index contributed by atoms with van der Waals surface area (Å²) in [5.74, 6) is -0.0549. The number of carbonyl (C=O) groups excluding carboxylic acids is 2. The zero-order valence-corrected chi connectivity index (χ0v) is 19.2. The first-order valence-electron chi connectivity index (χ1n) is 11.0. The van der Waals surface area contributed by atoms with Crippen molar-refractivity contribution in [2.24, 2.45) is 5.92 Å².